The molecule has 0 fully saturated rings. The fourth-order valence-electron chi connectivity index (χ4n) is 1.96. The van der Waals surface area contributed by atoms with Crippen molar-refractivity contribution in [3.63, 3.8) is 0 Å². The first kappa shape index (κ1) is 19.5. The van der Waals surface area contributed by atoms with Crippen LogP contribution in [0.1, 0.15) is 19.4 Å². The highest BCUT2D eigenvalue weighted by atomic mass is 35.5. The maximum Gasteiger partial charge on any atom is 0.226 e. The lowest BCUT2D eigenvalue weighted by molar-refractivity contribution is -0.135. The number of hydrogen-bond donors (Lipinski definition) is 1. The van der Waals surface area contributed by atoms with Crippen LogP contribution in [-0.4, -0.2) is 38.1 Å². The summed E-state index contributed by atoms with van der Waals surface area (Å²) in [6, 6.07) is 5.67. The van der Waals surface area contributed by atoms with Gasteiger partial charge in [-0.1, -0.05) is 13.0 Å². The molecule has 120 valence electrons. The highest BCUT2D eigenvalue weighted by molar-refractivity contribution is 5.85. The molecule has 1 amide bonds. The van der Waals surface area contributed by atoms with E-state index in [1.807, 2.05) is 32.0 Å². The molecule has 0 saturated heterocycles. The minimum atomic E-state index is -0.157. The fraction of sp³-hybridized carbons (Fsp3) is 0.533. The molecule has 0 aliphatic carbocycles. The molecule has 6 heteroatoms. The van der Waals surface area contributed by atoms with E-state index in [1.165, 1.54) is 0 Å². The van der Waals surface area contributed by atoms with Crippen molar-refractivity contribution in [1.82, 2.24) is 4.90 Å². The van der Waals surface area contributed by atoms with Crippen LogP contribution in [0.3, 0.4) is 0 Å². The molecule has 0 saturated carbocycles. The lowest BCUT2D eigenvalue weighted by Crippen LogP contribution is -2.37. The first-order valence-electron chi connectivity index (χ1n) is 6.77. The summed E-state index contributed by atoms with van der Waals surface area (Å²) >= 11 is 0. The quantitative estimate of drug-likeness (QED) is 0.836. The lowest BCUT2D eigenvalue weighted by Gasteiger charge is -2.24. The number of benzene rings is 1. The van der Waals surface area contributed by atoms with Crippen molar-refractivity contribution in [3.8, 4) is 11.5 Å². The number of carbonyl (C=O) groups is 1. The van der Waals surface area contributed by atoms with Crippen LogP contribution in [0.5, 0.6) is 11.5 Å². The normalized spacial score (nSPS) is 11.3. The molecule has 1 unspecified atom stereocenters. The van der Waals surface area contributed by atoms with E-state index in [0.29, 0.717) is 31.1 Å². The molecule has 1 atom stereocenters. The minimum absolute atomic E-state index is 0. The van der Waals surface area contributed by atoms with E-state index in [9.17, 15) is 4.79 Å². The highest BCUT2D eigenvalue weighted by Gasteiger charge is 2.18. The van der Waals surface area contributed by atoms with Crippen LogP contribution in [-0.2, 0) is 11.3 Å². The summed E-state index contributed by atoms with van der Waals surface area (Å²) in [4.78, 5) is 14.0. The van der Waals surface area contributed by atoms with Gasteiger partial charge in [-0.3, -0.25) is 4.79 Å². The Labute approximate surface area is 132 Å². The Kier molecular flexibility index (Phi) is 8.81. The van der Waals surface area contributed by atoms with Gasteiger partial charge in [0.25, 0.3) is 0 Å². The van der Waals surface area contributed by atoms with Crippen LogP contribution in [0, 0.1) is 5.92 Å². The Hall–Kier alpha value is -1.46. The summed E-state index contributed by atoms with van der Waals surface area (Å²) < 4.78 is 10.5. The van der Waals surface area contributed by atoms with Gasteiger partial charge in [-0.15, -0.1) is 12.4 Å². The van der Waals surface area contributed by atoms with Gasteiger partial charge in [0.15, 0.2) is 11.5 Å². The Morgan fingerprint density at radius 3 is 2.38 bits per heavy atom. The predicted molar refractivity (Wildman–Crippen MR) is 86.1 cm³/mol. The number of amides is 1. The SMILES string of the molecule is CCN(Cc1ccc(OC)c(OC)c1)C(=O)C(C)CN.Cl. The first-order chi connectivity index (χ1) is 9.57. The van der Waals surface area contributed by atoms with Crippen LogP contribution in [0.2, 0.25) is 0 Å². The zero-order chi connectivity index (χ0) is 15.1. The maximum absolute atomic E-state index is 12.2. The number of methoxy groups -OCH3 is 2. The van der Waals surface area contributed by atoms with E-state index in [-0.39, 0.29) is 24.2 Å². The maximum atomic E-state index is 12.2. The third kappa shape index (κ3) is 5.10. The number of carbonyl (C=O) groups excluding carboxylic acids is 1. The smallest absolute Gasteiger partial charge is 0.226 e. The molecule has 1 aromatic rings. The van der Waals surface area contributed by atoms with Gasteiger partial charge < -0.3 is 20.1 Å². The Balaban J connectivity index is 0.00000400. The molecule has 0 aliphatic heterocycles. The largest absolute Gasteiger partial charge is 0.493 e. The van der Waals surface area contributed by atoms with E-state index in [0.717, 1.165) is 5.56 Å². The Bertz CT molecular complexity index is 455. The molecule has 0 aromatic heterocycles. The zero-order valence-corrected chi connectivity index (χ0v) is 13.9. The molecule has 0 radical (unpaired) electrons. The predicted octanol–water partition coefficient (Wildman–Crippen LogP) is 2.07. The summed E-state index contributed by atoms with van der Waals surface area (Å²) in [7, 11) is 3.20. The van der Waals surface area contributed by atoms with Crippen LogP contribution >= 0.6 is 12.4 Å². The lowest BCUT2D eigenvalue weighted by atomic mass is 10.1. The number of hydrogen-bond acceptors (Lipinski definition) is 4. The van der Waals surface area contributed by atoms with Crippen molar-refractivity contribution in [3.05, 3.63) is 23.8 Å². The monoisotopic (exact) mass is 316 g/mol. The molecule has 21 heavy (non-hydrogen) atoms. The van der Waals surface area contributed by atoms with Crippen molar-refractivity contribution in [1.29, 1.82) is 0 Å². The van der Waals surface area contributed by atoms with Gasteiger partial charge in [0.2, 0.25) is 5.91 Å². The summed E-state index contributed by atoms with van der Waals surface area (Å²) in [5.41, 5.74) is 6.56. The Morgan fingerprint density at radius 1 is 1.29 bits per heavy atom. The van der Waals surface area contributed by atoms with Crippen molar-refractivity contribution in [2.75, 3.05) is 27.3 Å². The third-order valence-electron chi connectivity index (χ3n) is 3.29. The van der Waals surface area contributed by atoms with Crippen molar-refractivity contribution < 1.29 is 14.3 Å². The molecular formula is C15H25ClN2O3. The zero-order valence-electron chi connectivity index (χ0n) is 13.1. The second-order valence-corrected chi connectivity index (χ2v) is 4.68. The molecule has 0 aliphatic rings. The molecular weight excluding hydrogens is 292 g/mol. The van der Waals surface area contributed by atoms with E-state index in [2.05, 4.69) is 0 Å². The summed E-state index contributed by atoms with van der Waals surface area (Å²) in [6.45, 7) is 5.36. The molecule has 1 aromatic carbocycles. The number of nitrogens with zero attached hydrogens (tertiary/aromatic N) is 1. The third-order valence-corrected chi connectivity index (χ3v) is 3.29. The van der Waals surface area contributed by atoms with Crippen molar-refractivity contribution in [2.45, 2.75) is 20.4 Å². The van der Waals surface area contributed by atoms with Crippen LogP contribution in [0.15, 0.2) is 18.2 Å². The van der Waals surface area contributed by atoms with Gasteiger partial charge in [-0.05, 0) is 24.6 Å². The number of halogens is 1. The average molecular weight is 317 g/mol. The number of rotatable bonds is 7. The Morgan fingerprint density at radius 2 is 1.90 bits per heavy atom. The van der Waals surface area contributed by atoms with E-state index < -0.39 is 0 Å². The second-order valence-electron chi connectivity index (χ2n) is 4.68. The minimum Gasteiger partial charge on any atom is -0.493 e. The second kappa shape index (κ2) is 9.47. The van der Waals surface area contributed by atoms with Gasteiger partial charge in [-0.25, -0.2) is 0 Å². The molecule has 1 rings (SSSR count). The number of nitrogens with two attached hydrogens (primary N) is 1. The van der Waals surface area contributed by atoms with E-state index >= 15 is 0 Å². The van der Waals surface area contributed by atoms with Gasteiger partial charge in [0, 0.05) is 25.6 Å². The summed E-state index contributed by atoms with van der Waals surface area (Å²) in [5.74, 6) is 1.27. The number of ether oxygens (including phenoxy) is 2. The molecule has 5 nitrogen and oxygen atoms in total. The molecule has 2 N–H and O–H groups in total. The highest BCUT2D eigenvalue weighted by Crippen LogP contribution is 2.28. The molecule has 0 spiro atoms. The van der Waals surface area contributed by atoms with Gasteiger partial charge in [0.1, 0.15) is 0 Å². The fourth-order valence-corrected chi connectivity index (χ4v) is 1.96. The molecule has 0 bridgehead atoms. The van der Waals surface area contributed by atoms with Crippen LogP contribution in [0.25, 0.3) is 0 Å². The van der Waals surface area contributed by atoms with Crippen molar-refractivity contribution in [2.24, 2.45) is 11.7 Å². The first-order valence-corrected chi connectivity index (χ1v) is 6.77. The van der Waals surface area contributed by atoms with Gasteiger partial charge >= 0.3 is 0 Å². The molecule has 0 heterocycles. The van der Waals surface area contributed by atoms with Gasteiger partial charge in [-0.2, -0.15) is 0 Å². The van der Waals surface area contributed by atoms with Gasteiger partial charge in [0.05, 0.1) is 14.2 Å². The van der Waals surface area contributed by atoms with Crippen LogP contribution < -0.4 is 15.2 Å². The topological polar surface area (TPSA) is 64.8 Å². The van der Waals surface area contributed by atoms with E-state index in [1.54, 1.807) is 19.1 Å². The average Bonchev–Trinajstić information content (AvgIpc) is 2.50. The van der Waals surface area contributed by atoms with Crippen LogP contribution in [0.4, 0.5) is 0 Å². The summed E-state index contributed by atoms with van der Waals surface area (Å²) in [6.07, 6.45) is 0. The van der Waals surface area contributed by atoms with E-state index in [4.69, 9.17) is 15.2 Å². The standard InChI is InChI=1S/C15H24N2O3.ClH/c1-5-17(15(18)11(2)9-16)10-12-6-7-13(19-3)14(8-12)20-4;/h6-8,11H,5,9-10,16H2,1-4H3;1H. The van der Waals surface area contributed by atoms with Crippen molar-refractivity contribution >= 4 is 18.3 Å². The summed E-state index contributed by atoms with van der Waals surface area (Å²) in [5, 5.41) is 0.